The van der Waals surface area contributed by atoms with Gasteiger partial charge in [-0.05, 0) is 36.4 Å². The Balaban J connectivity index is 1.28. The molecule has 1 saturated heterocycles. The molecule has 1 saturated carbocycles. The number of aromatic nitrogens is 2. The highest BCUT2D eigenvalue weighted by Crippen LogP contribution is 2.38. The molecule has 7 nitrogen and oxygen atoms in total. The van der Waals surface area contributed by atoms with Crippen LogP contribution in [0.5, 0.6) is 0 Å². The number of benzene rings is 1. The number of imide groups is 1. The topological polar surface area (TPSA) is 75.5 Å². The van der Waals surface area contributed by atoms with Gasteiger partial charge in [0.15, 0.2) is 0 Å². The van der Waals surface area contributed by atoms with E-state index in [1.165, 1.54) is 4.90 Å². The first-order valence-corrected chi connectivity index (χ1v) is 12.7. The summed E-state index contributed by atoms with van der Waals surface area (Å²) in [5.74, 6) is -0.624. The van der Waals surface area contributed by atoms with Crippen molar-refractivity contribution in [2.45, 2.75) is 38.6 Å². The molecule has 2 fully saturated rings. The Labute approximate surface area is 203 Å². The minimum Gasteiger partial charge on any atom is -0.341 e. The standard InChI is InChI=1S/C26H28N4O3S/c1-28(23(31)13-14-29-25(32)20-10-5-6-11-21(20)26(29)33)16-18-17-30(19-8-3-2-4-9-19)27-24(18)22-12-7-15-34-22/h2-4,7-9,12,15,17,20-21H,5-6,10-11,13-14,16H2,1H3. The van der Waals surface area contributed by atoms with E-state index >= 15 is 0 Å². The fraction of sp³-hybridized carbons (Fsp3) is 0.385. The zero-order valence-corrected chi connectivity index (χ0v) is 20.0. The van der Waals surface area contributed by atoms with Crippen molar-refractivity contribution in [3.63, 3.8) is 0 Å². The Kier molecular flexibility index (Phi) is 6.32. The van der Waals surface area contributed by atoms with Crippen LogP contribution in [0.3, 0.4) is 0 Å². The Bertz CT molecular complexity index is 1160. The number of carbonyl (C=O) groups excluding carboxylic acids is 3. The van der Waals surface area contributed by atoms with E-state index in [9.17, 15) is 14.4 Å². The molecule has 1 aliphatic heterocycles. The number of para-hydroxylation sites is 1. The maximum atomic E-state index is 13.0. The van der Waals surface area contributed by atoms with Gasteiger partial charge in [-0.15, -0.1) is 11.3 Å². The summed E-state index contributed by atoms with van der Waals surface area (Å²) in [4.78, 5) is 42.4. The second-order valence-electron chi connectivity index (χ2n) is 9.09. The summed E-state index contributed by atoms with van der Waals surface area (Å²) in [5.41, 5.74) is 2.75. The van der Waals surface area contributed by atoms with E-state index < -0.39 is 0 Å². The van der Waals surface area contributed by atoms with Crippen molar-refractivity contribution >= 4 is 29.1 Å². The highest BCUT2D eigenvalue weighted by molar-refractivity contribution is 7.13. The van der Waals surface area contributed by atoms with Gasteiger partial charge in [0, 0.05) is 38.3 Å². The first-order valence-electron chi connectivity index (χ1n) is 11.8. The van der Waals surface area contributed by atoms with Crippen LogP contribution in [0.2, 0.25) is 0 Å². The minimum absolute atomic E-state index is 0.0886. The van der Waals surface area contributed by atoms with Gasteiger partial charge in [-0.3, -0.25) is 19.3 Å². The van der Waals surface area contributed by atoms with Crippen LogP contribution in [0.1, 0.15) is 37.7 Å². The molecule has 34 heavy (non-hydrogen) atoms. The van der Waals surface area contributed by atoms with Gasteiger partial charge in [0.25, 0.3) is 0 Å². The molecule has 0 N–H and O–H groups in total. The van der Waals surface area contributed by atoms with Crippen LogP contribution in [0, 0.1) is 11.8 Å². The Morgan fingerprint density at radius 1 is 1.06 bits per heavy atom. The number of hydrogen-bond acceptors (Lipinski definition) is 5. The SMILES string of the molecule is CN(Cc1cn(-c2ccccc2)nc1-c1cccs1)C(=O)CCN1C(=O)C2CCCCC2C1=O. The van der Waals surface area contributed by atoms with Crippen molar-refractivity contribution in [2.24, 2.45) is 11.8 Å². The second kappa shape index (κ2) is 9.54. The molecule has 2 aliphatic rings. The van der Waals surface area contributed by atoms with Crippen molar-refractivity contribution in [1.29, 1.82) is 0 Å². The smallest absolute Gasteiger partial charge is 0.233 e. The van der Waals surface area contributed by atoms with E-state index in [-0.39, 0.29) is 42.5 Å². The number of thiophene rings is 1. The molecule has 8 heteroatoms. The largest absolute Gasteiger partial charge is 0.341 e. The van der Waals surface area contributed by atoms with Crippen molar-refractivity contribution in [3.8, 4) is 16.3 Å². The molecule has 176 valence electrons. The third-order valence-electron chi connectivity index (χ3n) is 6.88. The monoisotopic (exact) mass is 476 g/mol. The Morgan fingerprint density at radius 2 is 1.76 bits per heavy atom. The highest BCUT2D eigenvalue weighted by Gasteiger charge is 2.47. The molecule has 0 bridgehead atoms. The minimum atomic E-state index is -0.175. The molecule has 3 amide bonds. The first-order chi connectivity index (χ1) is 16.5. The average Bonchev–Trinajstić information content (AvgIpc) is 3.58. The molecule has 0 radical (unpaired) electrons. The molecule has 2 atom stereocenters. The third kappa shape index (κ3) is 4.30. The summed E-state index contributed by atoms with van der Waals surface area (Å²) in [7, 11) is 1.76. The van der Waals surface area contributed by atoms with Gasteiger partial charge in [0.1, 0.15) is 5.69 Å². The number of carbonyl (C=O) groups is 3. The second-order valence-corrected chi connectivity index (χ2v) is 10.0. The molecule has 2 unspecified atom stereocenters. The number of rotatable bonds is 7. The summed E-state index contributed by atoms with van der Waals surface area (Å²) < 4.78 is 1.84. The zero-order chi connectivity index (χ0) is 23.7. The van der Waals surface area contributed by atoms with Crippen LogP contribution in [-0.4, -0.2) is 50.9 Å². The van der Waals surface area contributed by atoms with Crippen molar-refractivity contribution in [3.05, 3.63) is 59.6 Å². The Morgan fingerprint density at radius 3 is 2.41 bits per heavy atom. The molecule has 5 rings (SSSR count). The number of amides is 3. The van der Waals surface area contributed by atoms with Gasteiger partial charge in [-0.25, -0.2) is 4.68 Å². The van der Waals surface area contributed by atoms with E-state index in [1.807, 2.05) is 58.7 Å². The lowest BCUT2D eigenvalue weighted by Crippen LogP contribution is -2.36. The molecule has 3 heterocycles. The van der Waals surface area contributed by atoms with Gasteiger partial charge in [-0.1, -0.05) is 37.1 Å². The molecular weight excluding hydrogens is 448 g/mol. The predicted molar refractivity (Wildman–Crippen MR) is 130 cm³/mol. The lowest BCUT2D eigenvalue weighted by atomic mass is 9.81. The molecule has 2 aromatic heterocycles. The van der Waals surface area contributed by atoms with E-state index in [0.29, 0.717) is 6.54 Å². The van der Waals surface area contributed by atoms with E-state index in [4.69, 9.17) is 5.10 Å². The highest BCUT2D eigenvalue weighted by atomic mass is 32.1. The van der Waals surface area contributed by atoms with E-state index in [2.05, 4.69) is 0 Å². The van der Waals surface area contributed by atoms with Gasteiger partial charge in [0.2, 0.25) is 17.7 Å². The number of likely N-dealkylation sites (tertiary alicyclic amines) is 1. The van der Waals surface area contributed by atoms with Gasteiger partial charge < -0.3 is 4.90 Å². The summed E-state index contributed by atoms with van der Waals surface area (Å²) in [6, 6.07) is 13.9. The number of nitrogens with zero attached hydrogens (tertiary/aromatic N) is 4. The molecule has 1 aliphatic carbocycles. The third-order valence-corrected chi connectivity index (χ3v) is 7.76. The Hall–Kier alpha value is -3.26. The van der Waals surface area contributed by atoms with Gasteiger partial charge >= 0.3 is 0 Å². The maximum absolute atomic E-state index is 13.0. The fourth-order valence-electron chi connectivity index (χ4n) is 5.05. The zero-order valence-electron chi connectivity index (χ0n) is 19.2. The molecule has 3 aromatic rings. The van der Waals surface area contributed by atoms with Crippen molar-refractivity contribution in [2.75, 3.05) is 13.6 Å². The summed E-state index contributed by atoms with van der Waals surface area (Å²) in [5, 5.41) is 6.81. The van der Waals surface area contributed by atoms with Crippen LogP contribution in [-0.2, 0) is 20.9 Å². The van der Waals surface area contributed by atoms with Crippen molar-refractivity contribution < 1.29 is 14.4 Å². The van der Waals surface area contributed by atoms with Crippen LogP contribution >= 0.6 is 11.3 Å². The fourth-order valence-corrected chi connectivity index (χ4v) is 5.80. The molecular formula is C26H28N4O3S. The first kappa shape index (κ1) is 22.5. The number of fused-ring (bicyclic) bond motifs is 1. The van der Waals surface area contributed by atoms with Crippen LogP contribution < -0.4 is 0 Å². The number of hydrogen-bond donors (Lipinski definition) is 0. The van der Waals surface area contributed by atoms with Crippen LogP contribution in [0.15, 0.2) is 54.0 Å². The lowest BCUT2D eigenvalue weighted by Gasteiger charge is -2.19. The van der Waals surface area contributed by atoms with Crippen molar-refractivity contribution in [1.82, 2.24) is 19.6 Å². The average molecular weight is 477 g/mol. The van der Waals surface area contributed by atoms with Gasteiger partial charge in [0.05, 0.1) is 22.4 Å². The van der Waals surface area contributed by atoms with Crippen LogP contribution in [0.25, 0.3) is 16.3 Å². The van der Waals surface area contributed by atoms with E-state index in [1.54, 1.807) is 23.3 Å². The van der Waals surface area contributed by atoms with E-state index in [0.717, 1.165) is 47.5 Å². The predicted octanol–water partition coefficient (Wildman–Crippen LogP) is 4.12. The summed E-state index contributed by atoms with van der Waals surface area (Å²) in [6.45, 7) is 0.556. The molecule has 1 aromatic carbocycles. The van der Waals surface area contributed by atoms with Crippen LogP contribution in [0.4, 0.5) is 0 Å². The summed E-state index contributed by atoms with van der Waals surface area (Å²) >= 11 is 1.61. The molecule has 0 spiro atoms. The normalized spacial score (nSPS) is 20.0. The van der Waals surface area contributed by atoms with Gasteiger partial charge in [-0.2, -0.15) is 5.10 Å². The lowest BCUT2D eigenvalue weighted by molar-refractivity contribution is -0.140. The summed E-state index contributed by atoms with van der Waals surface area (Å²) in [6.07, 6.45) is 5.67. The maximum Gasteiger partial charge on any atom is 0.233 e. The quantitative estimate of drug-likeness (QED) is 0.481.